The summed E-state index contributed by atoms with van der Waals surface area (Å²) in [4.78, 5) is 19.2. The number of para-hydroxylation sites is 2. The number of nitrogens with one attached hydrogen (secondary N) is 1. The van der Waals surface area contributed by atoms with Gasteiger partial charge in [0.25, 0.3) is 0 Å². The zero-order chi connectivity index (χ0) is 19.2. The maximum Gasteiger partial charge on any atom is 0.310 e. The lowest BCUT2D eigenvalue weighted by Gasteiger charge is -2.06. The lowest BCUT2D eigenvalue weighted by atomic mass is 10.1. The molecule has 0 atom stereocenters. The lowest BCUT2D eigenvalue weighted by Crippen LogP contribution is -2.11. The van der Waals surface area contributed by atoms with E-state index in [-0.39, 0.29) is 23.6 Å². The van der Waals surface area contributed by atoms with E-state index in [0.29, 0.717) is 11.3 Å². The van der Waals surface area contributed by atoms with Crippen molar-refractivity contribution in [3.63, 3.8) is 0 Å². The first-order chi connectivity index (χ1) is 13.1. The Balaban J connectivity index is 1.67. The van der Waals surface area contributed by atoms with Crippen molar-refractivity contribution in [3.8, 4) is 11.8 Å². The Hall–Kier alpha value is -3.79. The molecule has 0 fully saturated rings. The number of nitriles is 1. The fourth-order valence-electron chi connectivity index (χ4n) is 2.51. The third kappa shape index (κ3) is 4.25. The summed E-state index contributed by atoms with van der Waals surface area (Å²) < 4.78 is 10.1. The van der Waals surface area contributed by atoms with E-state index in [1.165, 1.54) is 0 Å². The molecule has 2 aromatic carbocycles. The number of rotatable bonds is 6. The molecule has 0 saturated heterocycles. The Morgan fingerprint density at radius 3 is 2.63 bits per heavy atom. The summed E-state index contributed by atoms with van der Waals surface area (Å²) in [6, 6.07) is 16.2. The third-order valence-corrected chi connectivity index (χ3v) is 3.90. The van der Waals surface area contributed by atoms with Crippen molar-refractivity contribution in [3.05, 3.63) is 65.7 Å². The van der Waals surface area contributed by atoms with Gasteiger partial charge in [0, 0.05) is 0 Å². The molecule has 0 spiro atoms. The summed E-state index contributed by atoms with van der Waals surface area (Å²) in [6.45, 7) is -0.408. The topological polar surface area (TPSA) is 108 Å². The van der Waals surface area contributed by atoms with Crippen LogP contribution in [0, 0.1) is 11.3 Å². The molecule has 136 valence electrons. The molecule has 2 N–H and O–H groups in total. The molecule has 1 heterocycles. The second-order valence-corrected chi connectivity index (χ2v) is 5.72. The average molecular weight is 363 g/mol. The number of carbonyl (C=O) groups excluding carboxylic acids is 1. The number of imidazole rings is 1. The molecule has 0 saturated carbocycles. The highest BCUT2D eigenvalue weighted by atomic mass is 16.5. The van der Waals surface area contributed by atoms with Gasteiger partial charge in [-0.25, -0.2) is 4.98 Å². The van der Waals surface area contributed by atoms with Crippen LogP contribution in [0.2, 0.25) is 0 Å². The lowest BCUT2D eigenvalue weighted by molar-refractivity contribution is -0.142. The molecule has 3 aromatic rings. The summed E-state index contributed by atoms with van der Waals surface area (Å²) in [5, 5.41) is 19.5. The van der Waals surface area contributed by atoms with Crippen LogP contribution in [0.4, 0.5) is 0 Å². The van der Waals surface area contributed by atoms with Crippen LogP contribution in [0.1, 0.15) is 11.4 Å². The number of benzene rings is 2. The van der Waals surface area contributed by atoms with Crippen LogP contribution in [0.15, 0.2) is 54.3 Å². The van der Waals surface area contributed by atoms with E-state index < -0.39 is 12.6 Å². The van der Waals surface area contributed by atoms with Gasteiger partial charge in [-0.1, -0.05) is 24.3 Å². The van der Waals surface area contributed by atoms with E-state index in [4.69, 9.17) is 9.47 Å². The molecule has 0 bridgehead atoms. The quantitative estimate of drug-likeness (QED) is 0.396. The Morgan fingerprint density at radius 1 is 1.22 bits per heavy atom. The number of nitrogens with zero attached hydrogens (tertiary/aromatic N) is 2. The zero-order valence-corrected chi connectivity index (χ0v) is 14.6. The van der Waals surface area contributed by atoms with Gasteiger partial charge in [0.2, 0.25) is 0 Å². The van der Waals surface area contributed by atoms with Crippen molar-refractivity contribution in [2.75, 3.05) is 13.7 Å². The molecule has 0 aliphatic rings. The SMILES string of the molecule is COc1ccc(CC(=O)OCC(O)=C(C#N)c2nc3ccccc3[nH]2)cc1. The summed E-state index contributed by atoms with van der Waals surface area (Å²) in [5.41, 5.74) is 2.10. The largest absolute Gasteiger partial charge is 0.507 e. The molecule has 7 heteroatoms. The molecular weight excluding hydrogens is 346 g/mol. The number of aliphatic hydroxyl groups excluding tert-OH is 1. The van der Waals surface area contributed by atoms with Gasteiger partial charge in [-0.2, -0.15) is 5.26 Å². The number of aromatic amines is 1. The summed E-state index contributed by atoms with van der Waals surface area (Å²) in [5.74, 6) is 0.0350. The van der Waals surface area contributed by atoms with E-state index in [1.54, 1.807) is 37.4 Å². The Labute approximate surface area is 155 Å². The van der Waals surface area contributed by atoms with Gasteiger partial charge in [0.15, 0.2) is 11.6 Å². The maximum atomic E-state index is 12.0. The minimum Gasteiger partial charge on any atom is -0.507 e. The second kappa shape index (κ2) is 8.06. The van der Waals surface area contributed by atoms with Crippen molar-refractivity contribution in [2.24, 2.45) is 0 Å². The third-order valence-electron chi connectivity index (χ3n) is 3.90. The van der Waals surface area contributed by atoms with E-state index in [9.17, 15) is 15.2 Å². The molecule has 7 nitrogen and oxygen atoms in total. The fraction of sp³-hybridized carbons (Fsp3) is 0.150. The number of aliphatic hydroxyl groups is 1. The van der Waals surface area contributed by atoms with Gasteiger partial charge in [0.05, 0.1) is 24.6 Å². The second-order valence-electron chi connectivity index (χ2n) is 5.72. The predicted molar refractivity (Wildman–Crippen MR) is 98.9 cm³/mol. The fourth-order valence-corrected chi connectivity index (χ4v) is 2.51. The maximum absolute atomic E-state index is 12.0. The van der Waals surface area contributed by atoms with Crippen LogP contribution in [-0.2, 0) is 16.0 Å². The molecule has 0 unspecified atom stereocenters. The number of carbonyl (C=O) groups is 1. The van der Waals surface area contributed by atoms with Crippen LogP contribution in [0.3, 0.4) is 0 Å². The number of H-pyrrole nitrogens is 1. The number of esters is 1. The normalized spacial score (nSPS) is 11.6. The number of methoxy groups -OCH3 is 1. The van der Waals surface area contributed by atoms with Crippen molar-refractivity contribution >= 4 is 22.6 Å². The monoisotopic (exact) mass is 363 g/mol. The number of ether oxygens (including phenoxy) is 2. The first kappa shape index (κ1) is 18.0. The van der Waals surface area contributed by atoms with Gasteiger partial charge in [-0.3, -0.25) is 4.79 Å². The average Bonchev–Trinajstić information content (AvgIpc) is 3.11. The van der Waals surface area contributed by atoms with Gasteiger partial charge in [-0.15, -0.1) is 0 Å². The molecule has 0 radical (unpaired) electrons. The standard InChI is InChI=1S/C20H17N3O4/c1-26-14-8-6-13(7-9-14)10-19(25)27-12-18(24)15(11-21)20-22-16-4-2-3-5-17(16)23-20/h2-9,24H,10,12H2,1H3,(H,22,23). The predicted octanol–water partition coefficient (Wildman–Crippen LogP) is 3.15. The molecule has 0 aliphatic carbocycles. The first-order valence-electron chi connectivity index (χ1n) is 8.16. The number of allylic oxidation sites excluding steroid dienone is 1. The molecular formula is C20H17N3O4. The van der Waals surface area contributed by atoms with Crippen LogP contribution < -0.4 is 4.74 Å². The van der Waals surface area contributed by atoms with Gasteiger partial charge in [-0.05, 0) is 29.8 Å². The molecule has 0 aliphatic heterocycles. The number of aromatic nitrogens is 2. The van der Waals surface area contributed by atoms with Crippen LogP contribution >= 0.6 is 0 Å². The highest BCUT2D eigenvalue weighted by molar-refractivity contribution is 5.83. The molecule has 1 aromatic heterocycles. The Morgan fingerprint density at radius 2 is 1.96 bits per heavy atom. The Bertz CT molecular complexity index is 996. The van der Waals surface area contributed by atoms with E-state index in [2.05, 4.69) is 9.97 Å². The number of hydrogen-bond donors (Lipinski definition) is 2. The Kier molecular flexibility index (Phi) is 5.38. The van der Waals surface area contributed by atoms with E-state index in [1.807, 2.05) is 24.3 Å². The molecule has 27 heavy (non-hydrogen) atoms. The number of hydrogen-bond acceptors (Lipinski definition) is 6. The highest BCUT2D eigenvalue weighted by Crippen LogP contribution is 2.19. The van der Waals surface area contributed by atoms with Crippen molar-refractivity contribution in [2.45, 2.75) is 6.42 Å². The van der Waals surface area contributed by atoms with Crippen LogP contribution in [-0.4, -0.2) is 34.8 Å². The van der Waals surface area contributed by atoms with E-state index >= 15 is 0 Å². The summed E-state index contributed by atoms with van der Waals surface area (Å²) >= 11 is 0. The van der Waals surface area contributed by atoms with Gasteiger partial charge >= 0.3 is 5.97 Å². The molecule has 0 amide bonds. The van der Waals surface area contributed by atoms with Crippen LogP contribution in [0.5, 0.6) is 5.75 Å². The number of fused-ring (bicyclic) bond motifs is 1. The summed E-state index contributed by atoms with van der Waals surface area (Å²) in [6.07, 6.45) is 0.0454. The van der Waals surface area contributed by atoms with Crippen molar-refractivity contribution < 1.29 is 19.4 Å². The smallest absolute Gasteiger partial charge is 0.310 e. The minimum absolute atomic E-state index is 0.0454. The highest BCUT2D eigenvalue weighted by Gasteiger charge is 2.15. The van der Waals surface area contributed by atoms with Gasteiger partial charge in [0.1, 0.15) is 24.0 Å². The van der Waals surface area contributed by atoms with Crippen molar-refractivity contribution in [1.29, 1.82) is 5.26 Å². The summed E-state index contributed by atoms with van der Waals surface area (Å²) in [7, 11) is 1.56. The van der Waals surface area contributed by atoms with Gasteiger partial charge < -0.3 is 19.6 Å². The van der Waals surface area contributed by atoms with Crippen molar-refractivity contribution in [1.82, 2.24) is 9.97 Å². The first-order valence-corrected chi connectivity index (χ1v) is 8.16. The van der Waals surface area contributed by atoms with Crippen LogP contribution in [0.25, 0.3) is 16.6 Å². The minimum atomic E-state index is -0.520. The van der Waals surface area contributed by atoms with E-state index in [0.717, 1.165) is 11.1 Å². The zero-order valence-electron chi connectivity index (χ0n) is 14.6. The molecule has 3 rings (SSSR count).